The topological polar surface area (TPSA) is 9.23 Å². The highest BCUT2D eigenvalue weighted by Gasteiger charge is 2.30. The Balaban J connectivity index is 1.76. The van der Waals surface area contributed by atoms with Crippen LogP contribution in [-0.2, 0) is 0 Å². The third kappa shape index (κ3) is 4.03. The van der Waals surface area contributed by atoms with Crippen molar-refractivity contribution in [1.82, 2.24) is 0 Å². The lowest BCUT2D eigenvalue weighted by Gasteiger charge is -2.16. The molecule has 2 aromatic rings. The molecule has 4 heteroatoms. The number of hydrogen-bond donors (Lipinski definition) is 0. The van der Waals surface area contributed by atoms with E-state index in [-0.39, 0.29) is 5.75 Å². The Morgan fingerprint density at radius 3 is 1.70 bits per heavy atom. The van der Waals surface area contributed by atoms with Gasteiger partial charge in [-0.15, -0.1) is 13.2 Å². The van der Waals surface area contributed by atoms with Crippen LogP contribution in [0, 0.1) is 0 Å². The van der Waals surface area contributed by atoms with E-state index in [1.165, 1.54) is 23.3 Å². The molecule has 0 saturated heterocycles. The molecule has 0 spiro atoms. The van der Waals surface area contributed by atoms with Crippen molar-refractivity contribution in [3.8, 4) is 5.75 Å². The number of halogens is 3. The van der Waals surface area contributed by atoms with E-state index in [0.717, 1.165) is 24.0 Å². The predicted molar refractivity (Wildman–Crippen MR) is 84.8 cm³/mol. The Hall–Kier alpha value is -2.49. The summed E-state index contributed by atoms with van der Waals surface area (Å²) >= 11 is 0. The average molecular weight is 316 g/mol. The van der Waals surface area contributed by atoms with Crippen molar-refractivity contribution in [3.63, 3.8) is 0 Å². The maximum Gasteiger partial charge on any atom is 0.573 e. The fraction of sp³-hybridized carbons (Fsp3) is 0.158. The van der Waals surface area contributed by atoms with E-state index in [9.17, 15) is 13.2 Å². The van der Waals surface area contributed by atoms with E-state index < -0.39 is 6.36 Å². The van der Waals surface area contributed by atoms with Gasteiger partial charge in [0.25, 0.3) is 0 Å². The van der Waals surface area contributed by atoms with Gasteiger partial charge in [0.1, 0.15) is 5.75 Å². The standard InChI is InChI=1S/C19H15F3O/c20-19(21,22)23-18-12-10-17(11-13-18)16-8-6-15(7-9-16)14-4-2-1-3-5-14/h1-6,8,10-13H,7,9H2. The highest BCUT2D eigenvalue weighted by molar-refractivity contribution is 5.78. The number of ether oxygens (including phenoxy) is 1. The molecule has 3 rings (SSSR count). The van der Waals surface area contributed by atoms with Gasteiger partial charge in [0.05, 0.1) is 0 Å². The van der Waals surface area contributed by atoms with Crippen molar-refractivity contribution in [2.45, 2.75) is 19.2 Å². The molecule has 0 amide bonds. The normalized spacial score (nSPS) is 14.9. The van der Waals surface area contributed by atoms with Gasteiger partial charge in [-0.2, -0.15) is 0 Å². The fourth-order valence-electron chi connectivity index (χ4n) is 2.64. The van der Waals surface area contributed by atoms with Gasteiger partial charge in [-0.3, -0.25) is 0 Å². The van der Waals surface area contributed by atoms with Crippen molar-refractivity contribution in [3.05, 3.63) is 77.9 Å². The second-order valence-electron chi connectivity index (χ2n) is 5.32. The summed E-state index contributed by atoms with van der Waals surface area (Å²) in [6.07, 6.45) is 1.23. The van der Waals surface area contributed by atoms with Crippen LogP contribution in [0.3, 0.4) is 0 Å². The highest BCUT2D eigenvalue weighted by atomic mass is 19.4. The van der Waals surface area contributed by atoms with Crippen LogP contribution in [0.4, 0.5) is 13.2 Å². The molecule has 0 bridgehead atoms. The molecule has 1 aliphatic carbocycles. The van der Waals surface area contributed by atoms with Gasteiger partial charge in [0, 0.05) is 0 Å². The van der Waals surface area contributed by atoms with E-state index >= 15 is 0 Å². The number of alkyl halides is 3. The van der Waals surface area contributed by atoms with Crippen LogP contribution < -0.4 is 4.74 Å². The molecule has 0 atom stereocenters. The second kappa shape index (κ2) is 6.32. The molecule has 0 aromatic heterocycles. The first-order valence-electron chi connectivity index (χ1n) is 7.33. The SMILES string of the molecule is FC(F)(F)Oc1ccc(C2=CC=C(c3ccccc3)CC2)cc1. The molecule has 2 aromatic carbocycles. The van der Waals surface area contributed by atoms with Crippen LogP contribution >= 0.6 is 0 Å². The van der Waals surface area contributed by atoms with Crippen LogP contribution in [-0.4, -0.2) is 6.36 Å². The maximum atomic E-state index is 12.2. The molecule has 0 radical (unpaired) electrons. The minimum atomic E-state index is -4.65. The van der Waals surface area contributed by atoms with Crippen LogP contribution in [0.5, 0.6) is 5.75 Å². The Bertz CT molecular complexity index is 725. The second-order valence-corrected chi connectivity index (χ2v) is 5.32. The molecule has 0 fully saturated rings. The molecule has 1 aliphatic rings. The van der Waals surface area contributed by atoms with Gasteiger partial charge >= 0.3 is 6.36 Å². The van der Waals surface area contributed by atoms with E-state index in [1.54, 1.807) is 12.1 Å². The summed E-state index contributed by atoms with van der Waals surface area (Å²) in [5, 5.41) is 0. The van der Waals surface area contributed by atoms with Gasteiger partial charge < -0.3 is 4.74 Å². The molecule has 23 heavy (non-hydrogen) atoms. The summed E-state index contributed by atoms with van der Waals surface area (Å²) in [4.78, 5) is 0. The maximum absolute atomic E-state index is 12.2. The molecular weight excluding hydrogens is 301 g/mol. The number of rotatable bonds is 3. The summed E-state index contributed by atoms with van der Waals surface area (Å²) < 4.78 is 40.4. The van der Waals surface area contributed by atoms with Gasteiger partial charge in [0.15, 0.2) is 0 Å². The van der Waals surface area contributed by atoms with Gasteiger partial charge in [-0.25, -0.2) is 0 Å². The largest absolute Gasteiger partial charge is 0.573 e. The first-order chi connectivity index (χ1) is 11.0. The zero-order chi connectivity index (χ0) is 16.3. The quantitative estimate of drug-likeness (QED) is 0.690. The van der Waals surface area contributed by atoms with E-state index in [0.29, 0.717) is 0 Å². The van der Waals surface area contributed by atoms with Crippen molar-refractivity contribution >= 4 is 11.1 Å². The zero-order valence-electron chi connectivity index (χ0n) is 12.3. The van der Waals surface area contributed by atoms with Crippen molar-refractivity contribution in [1.29, 1.82) is 0 Å². The van der Waals surface area contributed by atoms with Gasteiger partial charge in [0.2, 0.25) is 0 Å². The summed E-state index contributed by atoms with van der Waals surface area (Å²) in [7, 11) is 0. The number of benzene rings is 2. The predicted octanol–water partition coefficient (Wildman–Crippen LogP) is 5.85. The van der Waals surface area contributed by atoms with E-state index in [4.69, 9.17) is 0 Å². The number of allylic oxidation sites excluding steroid dienone is 4. The third-order valence-corrected chi connectivity index (χ3v) is 3.75. The third-order valence-electron chi connectivity index (χ3n) is 3.75. The Kier molecular flexibility index (Phi) is 4.24. The molecular formula is C19H15F3O. The lowest BCUT2D eigenvalue weighted by atomic mass is 9.90. The van der Waals surface area contributed by atoms with Crippen molar-refractivity contribution < 1.29 is 17.9 Å². The Morgan fingerprint density at radius 2 is 1.22 bits per heavy atom. The molecule has 0 unspecified atom stereocenters. The highest BCUT2D eigenvalue weighted by Crippen LogP contribution is 2.32. The Morgan fingerprint density at radius 1 is 0.696 bits per heavy atom. The van der Waals surface area contributed by atoms with E-state index in [2.05, 4.69) is 22.9 Å². The summed E-state index contributed by atoms with van der Waals surface area (Å²) in [6, 6.07) is 16.2. The molecule has 0 aliphatic heterocycles. The lowest BCUT2D eigenvalue weighted by molar-refractivity contribution is -0.274. The molecule has 1 nitrogen and oxygen atoms in total. The Labute approximate surface area is 132 Å². The van der Waals surface area contributed by atoms with Crippen LogP contribution in [0.15, 0.2) is 66.7 Å². The van der Waals surface area contributed by atoms with Crippen LogP contribution in [0.1, 0.15) is 24.0 Å². The first-order valence-corrected chi connectivity index (χ1v) is 7.33. The first kappa shape index (κ1) is 15.4. The van der Waals surface area contributed by atoms with Gasteiger partial charge in [-0.05, 0) is 47.2 Å². The van der Waals surface area contributed by atoms with Crippen LogP contribution in [0.2, 0.25) is 0 Å². The smallest absolute Gasteiger partial charge is 0.406 e. The monoisotopic (exact) mass is 316 g/mol. The summed E-state index contributed by atoms with van der Waals surface area (Å²) in [5.41, 5.74) is 4.51. The lowest BCUT2D eigenvalue weighted by Crippen LogP contribution is -2.17. The summed E-state index contributed by atoms with van der Waals surface area (Å²) in [6.45, 7) is 0. The van der Waals surface area contributed by atoms with Crippen LogP contribution in [0.25, 0.3) is 11.1 Å². The molecule has 0 N–H and O–H groups in total. The summed E-state index contributed by atoms with van der Waals surface area (Å²) in [5.74, 6) is -0.196. The zero-order valence-corrected chi connectivity index (χ0v) is 12.3. The van der Waals surface area contributed by atoms with Crippen molar-refractivity contribution in [2.24, 2.45) is 0 Å². The van der Waals surface area contributed by atoms with Gasteiger partial charge in [-0.1, -0.05) is 54.6 Å². The van der Waals surface area contributed by atoms with E-state index in [1.807, 2.05) is 24.3 Å². The molecule has 0 heterocycles. The molecule has 0 saturated carbocycles. The average Bonchev–Trinajstić information content (AvgIpc) is 2.55. The minimum absolute atomic E-state index is 0.196. The fourth-order valence-corrected chi connectivity index (χ4v) is 2.64. The van der Waals surface area contributed by atoms with Crippen molar-refractivity contribution in [2.75, 3.05) is 0 Å². The minimum Gasteiger partial charge on any atom is -0.406 e. The molecule has 118 valence electrons. The number of hydrogen-bond acceptors (Lipinski definition) is 1.